The Kier molecular flexibility index (Phi) is 4.00. The minimum Gasteiger partial charge on any atom is -0.435 e. The fourth-order valence-corrected chi connectivity index (χ4v) is 2.02. The number of hydrogen-bond donors (Lipinski definition) is 0. The molecule has 0 aliphatic heterocycles. The van der Waals surface area contributed by atoms with Gasteiger partial charge in [0, 0.05) is 48.0 Å². The Bertz CT molecular complexity index is 694. The van der Waals surface area contributed by atoms with Gasteiger partial charge in [-0.25, -0.2) is 4.98 Å². The van der Waals surface area contributed by atoms with Crippen molar-refractivity contribution < 1.29 is 13.5 Å². The third kappa shape index (κ3) is 3.22. The van der Waals surface area contributed by atoms with Crippen molar-refractivity contribution in [2.24, 2.45) is 0 Å². The highest BCUT2D eigenvalue weighted by atomic mass is 19.3. The minimum atomic E-state index is -2.89. The van der Waals surface area contributed by atoms with Crippen molar-refractivity contribution in [3.63, 3.8) is 0 Å². The van der Waals surface area contributed by atoms with Gasteiger partial charge in [0.2, 0.25) is 0 Å². The molecule has 3 heterocycles. The lowest BCUT2D eigenvalue weighted by atomic mass is 10.1. The predicted octanol–water partition coefficient (Wildman–Crippen LogP) is 3.81. The molecule has 0 unspecified atom stereocenters. The third-order valence-electron chi connectivity index (χ3n) is 2.98. The van der Waals surface area contributed by atoms with Crippen molar-refractivity contribution in [1.82, 2.24) is 15.0 Å². The van der Waals surface area contributed by atoms with E-state index >= 15 is 0 Å². The number of halogens is 2. The lowest BCUT2D eigenvalue weighted by Gasteiger charge is -2.10. The Hall–Kier alpha value is -2.89. The van der Waals surface area contributed by atoms with Crippen LogP contribution < -0.4 is 4.74 Å². The summed E-state index contributed by atoms with van der Waals surface area (Å²) in [6, 6.07) is 9.98. The maximum absolute atomic E-state index is 12.5. The van der Waals surface area contributed by atoms with Crippen molar-refractivity contribution in [3.05, 3.63) is 61.2 Å². The van der Waals surface area contributed by atoms with Crippen LogP contribution in [0.1, 0.15) is 0 Å². The van der Waals surface area contributed by atoms with E-state index in [1.54, 1.807) is 49.1 Å². The molecule has 6 heteroatoms. The van der Waals surface area contributed by atoms with Gasteiger partial charge in [0.05, 0.1) is 11.4 Å². The van der Waals surface area contributed by atoms with E-state index in [1.165, 1.54) is 12.1 Å². The van der Waals surface area contributed by atoms with E-state index in [0.29, 0.717) is 11.4 Å². The number of alkyl halides is 2. The first-order valence-electron chi connectivity index (χ1n) is 6.50. The average Bonchev–Trinajstić information content (AvgIpc) is 2.55. The monoisotopic (exact) mass is 299 g/mol. The summed E-state index contributed by atoms with van der Waals surface area (Å²) in [5.41, 5.74) is 2.61. The second kappa shape index (κ2) is 6.26. The molecule has 110 valence electrons. The summed E-state index contributed by atoms with van der Waals surface area (Å²) in [7, 11) is 0. The van der Waals surface area contributed by atoms with Crippen LogP contribution in [-0.2, 0) is 0 Å². The summed E-state index contributed by atoms with van der Waals surface area (Å²) >= 11 is 0. The Labute approximate surface area is 125 Å². The van der Waals surface area contributed by atoms with Gasteiger partial charge in [0.25, 0.3) is 0 Å². The highest BCUT2D eigenvalue weighted by Crippen LogP contribution is 2.28. The van der Waals surface area contributed by atoms with E-state index in [0.717, 1.165) is 11.1 Å². The van der Waals surface area contributed by atoms with Crippen LogP contribution in [0.25, 0.3) is 22.5 Å². The van der Waals surface area contributed by atoms with E-state index < -0.39 is 6.61 Å². The molecule has 0 radical (unpaired) electrons. The molecule has 0 spiro atoms. The Balaban J connectivity index is 2.10. The van der Waals surface area contributed by atoms with E-state index in [4.69, 9.17) is 0 Å². The van der Waals surface area contributed by atoms with Crippen molar-refractivity contribution in [2.75, 3.05) is 0 Å². The second-order valence-corrected chi connectivity index (χ2v) is 4.42. The minimum absolute atomic E-state index is 0.0589. The Morgan fingerprint density at radius 2 is 1.23 bits per heavy atom. The van der Waals surface area contributed by atoms with E-state index in [9.17, 15) is 8.78 Å². The maximum Gasteiger partial charge on any atom is 0.387 e. The molecule has 0 fully saturated rings. The topological polar surface area (TPSA) is 47.9 Å². The van der Waals surface area contributed by atoms with Gasteiger partial charge in [0.1, 0.15) is 5.75 Å². The van der Waals surface area contributed by atoms with Crippen LogP contribution in [0.4, 0.5) is 8.78 Å². The van der Waals surface area contributed by atoms with Gasteiger partial charge in [-0.05, 0) is 24.3 Å². The Morgan fingerprint density at radius 3 is 1.64 bits per heavy atom. The van der Waals surface area contributed by atoms with Crippen LogP contribution >= 0.6 is 0 Å². The summed E-state index contributed by atoms with van der Waals surface area (Å²) in [6.45, 7) is -2.89. The summed E-state index contributed by atoms with van der Waals surface area (Å²) in [5.74, 6) is 0.0589. The fourth-order valence-electron chi connectivity index (χ4n) is 2.02. The lowest BCUT2D eigenvalue weighted by Crippen LogP contribution is -2.03. The van der Waals surface area contributed by atoms with Crippen molar-refractivity contribution in [1.29, 1.82) is 0 Å². The first-order chi connectivity index (χ1) is 10.7. The van der Waals surface area contributed by atoms with E-state index in [1.807, 2.05) is 0 Å². The summed E-state index contributed by atoms with van der Waals surface area (Å²) < 4.78 is 29.6. The molecule has 22 heavy (non-hydrogen) atoms. The second-order valence-electron chi connectivity index (χ2n) is 4.42. The number of aromatic nitrogens is 3. The van der Waals surface area contributed by atoms with Gasteiger partial charge in [-0.3, -0.25) is 9.97 Å². The molecule has 0 atom stereocenters. The molecule has 0 bridgehead atoms. The largest absolute Gasteiger partial charge is 0.435 e. The van der Waals surface area contributed by atoms with Crippen molar-refractivity contribution >= 4 is 0 Å². The highest BCUT2D eigenvalue weighted by molar-refractivity contribution is 5.68. The normalized spacial score (nSPS) is 10.7. The molecule has 3 aromatic heterocycles. The molecule has 0 saturated carbocycles. The molecule has 0 aliphatic carbocycles. The van der Waals surface area contributed by atoms with E-state index in [-0.39, 0.29) is 5.75 Å². The number of rotatable bonds is 4. The predicted molar refractivity (Wildman–Crippen MR) is 77.3 cm³/mol. The Morgan fingerprint density at radius 1 is 0.773 bits per heavy atom. The SMILES string of the molecule is FC(F)Oc1cc(-c2ccncc2)nc(-c2ccncc2)c1. The molecule has 0 aliphatic rings. The van der Waals surface area contributed by atoms with Gasteiger partial charge in [0.15, 0.2) is 0 Å². The summed E-state index contributed by atoms with van der Waals surface area (Å²) in [5, 5.41) is 0. The molecular formula is C16H11F2N3O. The van der Waals surface area contributed by atoms with Crippen LogP contribution in [-0.4, -0.2) is 21.6 Å². The maximum atomic E-state index is 12.5. The quantitative estimate of drug-likeness (QED) is 0.735. The van der Waals surface area contributed by atoms with Gasteiger partial charge in [-0.15, -0.1) is 0 Å². The van der Waals surface area contributed by atoms with Crippen LogP contribution in [0.5, 0.6) is 5.75 Å². The average molecular weight is 299 g/mol. The van der Waals surface area contributed by atoms with Gasteiger partial charge in [-0.1, -0.05) is 0 Å². The zero-order chi connectivity index (χ0) is 15.4. The van der Waals surface area contributed by atoms with Gasteiger partial charge >= 0.3 is 6.61 Å². The molecule has 0 aromatic carbocycles. The molecule has 4 nitrogen and oxygen atoms in total. The highest BCUT2D eigenvalue weighted by Gasteiger charge is 2.11. The van der Waals surface area contributed by atoms with Crippen molar-refractivity contribution in [3.8, 4) is 28.3 Å². The molecule has 0 saturated heterocycles. The third-order valence-corrected chi connectivity index (χ3v) is 2.98. The fraction of sp³-hybridized carbons (Fsp3) is 0.0625. The van der Waals surface area contributed by atoms with Crippen LogP contribution in [0.3, 0.4) is 0 Å². The zero-order valence-electron chi connectivity index (χ0n) is 11.4. The zero-order valence-corrected chi connectivity index (χ0v) is 11.4. The molecule has 3 aromatic rings. The van der Waals surface area contributed by atoms with Crippen LogP contribution in [0.2, 0.25) is 0 Å². The van der Waals surface area contributed by atoms with E-state index in [2.05, 4.69) is 19.7 Å². The molecule has 0 N–H and O–H groups in total. The summed E-state index contributed by atoms with van der Waals surface area (Å²) in [4.78, 5) is 12.4. The number of nitrogens with zero attached hydrogens (tertiary/aromatic N) is 3. The number of ether oxygens (including phenoxy) is 1. The van der Waals surface area contributed by atoms with Gasteiger partial charge in [-0.2, -0.15) is 8.78 Å². The lowest BCUT2D eigenvalue weighted by molar-refractivity contribution is -0.0498. The van der Waals surface area contributed by atoms with Gasteiger partial charge < -0.3 is 4.74 Å². The molecule has 3 rings (SSSR count). The number of pyridine rings is 3. The smallest absolute Gasteiger partial charge is 0.387 e. The standard InChI is InChI=1S/C16H11F2N3O/c17-16(18)22-13-9-14(11-1-5-19-6-2-11)21-15(10-13)12-3-7-20-8-4-12/h1-10,16H. The van der Waals surface area contributed by atoms with Crippen molar-refractivity contribution in [2.45, 2.75) is 6.61 Å². The first kappa shape index (κ1) is 14.1. The number of hydrogen-bond acceptors (Lipinski definition) is 4. The first-order valence-corrected chi connectivity index (χ1v) is 6.50. The molecule has 0 amide bonds. The van der Waals surface area contributed by atoms with Crippen LogP contribution in [0.15, 0.2) is 61.2 Å². The summed E-state index contributed by atoms with van der Waals surface area (Å²) in [6.07, 6.45) is 6.46. The van der Waals surface area contributed by atoms with Crippen LogP contribution in [0, 0.1) is 0 Å². The molecular weight excluding hydrogens is 288 g/mol.